The van der Waals surface area contributed by atoms with E-state index in [1.807, 2.05) is 30.8 Å². The fourth-order valence-electron chi connectivity index (χ4n) is 1.95. The molecule has 0 radical (unpaired) electrons. The lowest BCUT2D eigenvalue weighted by atomic mass is 9.96. The van der Waals surface area contributed by atoms with Crippen LogP contribution in [0.1, 0.15) is 38.8 Å². The van der Waals surface area contributed by atoms with Crippen LogP contribution in [-0.2, 0) is 5.54 Å². The van der Waals surface area contributed by atoms with E-state index in [0.717, 1.165) is 11.1 Å². The first-order chi connectivity index (χ1) is 9.04. The molecular weight excluding hydrogens is 238 g/mol. The minimum atomic E-state index is -0.170. The molecule has 2 aromatic heterocycles. The first-order valence-electron chi connectivity index (χ1n) is 6.85. The second-order valence-corrected chi connectivity index (χ2v) is 4.85. The number of hydrogen-bond acceptors (Lipinski definition) is 3. The fraction of sp³-hybridized carbons (Fsp3) is 0.533. The Morgan fingerprint density at radius 3 is 2.63 bits per heavy atom. The lowest BCUT2D eigenvalue weighted by molar-refractivity contribution is 0.267. The average Bonchev–Trinajstić information content (AvgIpc) is 2.80. The summed E-state index contributed by atoms with van der Waals surface area (Å²) in [6, 6.07) is 4.19. The van der Waals surface area contributed by atoms with E-state index in [4.69, 9.17) is 5.11 Å². The average molecular weight is 263 g/mol. The lowest BCUT2D eigenvalue weighted by Crippen LogP contribution is -2.38. The van der Waals surface area contributed by atoms with Crippen LogP contribution in [0.2, 0.25) is 0 Å². The van der Waals surface area contributed by atoms with E-state index in [1.165, 1.54) is 5.56 Å². The second kappa shape index (κ2) is 6.68. The molecule has 0 atom stereocenters. The molecule has 0 aliphatic rings. The van der Waals surface area contributed by atoms with Crippen molar-refractivity contribution in [1.82, 2.24) is 14.9 Å². The number of nitrogens with one attached hydrogen (secondary N) is 1. The number of aryl methyl sites for hydroxylation is 1. The Labute approximate surface area is 115 Å². The molecule has 0 amide bonds. The van der Waals surface area contributed by atoms with E-state index >= 15 is 0 Å². The van der Waals surface area contributed by atoms with Gasteiger partial charge >= 0.3 is 0 Å². The standard InChI is InChI=1S/C13H19N3O.C2H6/c1-10-8-15-16-9-11(4-5-12(10)16)13(2,3)14-6-7-17;1-2/h4-5,8-9,14,17H,6-7H2,1-3H3;1-2H3. The van der Waals surface area contributed by atoms with Gasteiger partial charge in [0.1, 0.15) is 0 Å². The molecular formula is C15H25N3O. The van der Waals surface area contributed by atoms with Crippen LogP contribution in [0.3, 0.4) is 0 Å². The van der Waals surface area contributed by atoms with Crippen LogP contribution in [-0.4, -0.2) is 27.9 Å². The van der Waals surface area contributed by atoms with Gasteiger partial charge in [-0.15, -0.1) is 0 Å². The van der Waals surface area contributed by atoms with Gasteiger partial charge in [0.15, 0.2) is 0 Å². The summed E-state index contributed by atoms with van der Waals surface area (Å²) in [6.45, 7) is 11.0. The highest BCUT2D eigenvalue weighted by Crippen LogP contribution is 2.21. The van der Waals surface area contributed by atoms with Gasteiger partial charge in [0, 0.05) is 18.3 Å². The van der Waals surface area contributed by atoms with E-state index < -0.39 is 0 Å². The van der Waals surface area contributed by atoms with Gasteiger partial charge in [-0.25, -0.2) is 4.52 Å². The quantitative estimate of drug-likeness (QED) is 0.891. The third-order valence-corrected chi connectivity index (χ3v) is 3.11. The normalized spacial score (nSPS) is 11.3. The van der Waals surface area contributed by atoms with Crippen molar-refractivity contribution in [2.75, 3.05) is 13.2 Å². The number of hydrogen-bond donors (Lipinski definition) is 2. The molecule has 0 spiro atoms. The van der Waals surface area contributed by atoms with Gasteiger partial charge in [-0.3, -0.25) is 0 Å². The van der Waals surface area contributed by atoms with E-state index in [1.54, 1.807) is 0 Å². The highest BCUT2D eigenvalue weighted by molar-refractivity contribution is 5.53. The minimum Gasteiger partial charge on any atom is -0.395 e. The van der Waals surface area contributed by atoms with Gasteiger partial charge in [0.2, 0.25) is 0 Å². The van der Waals surface area contributed by atoms with Crippen molar-refractivity contribution in [3.8, 4) is 0 Å². The summed E-state index contributed by atoms with van der Waals surface area (Å²) in [4.78, 5) is 0. The molecule has 2 heterocycles. The molecule has 0 saturated heterocycles. The van der Waals surface area contributed by atoms with E-state index in [9.17, 15) is 0 Å². The number of nitrogens with zero attached hydrogens (tertiary/aromatic N) is 2. The van der Waals surface area contributed by atoms with Crippen molar-refractivity contribution in [3.63, 3.8) is 0 Å². The lowest BCUT2D eigenvalue weighted by Gasteiger charge is -2.26. The molecule has 0 fully saturated rings. The molecule has 0 aliphatic heterocycles. The van der Waals surface area contributed by atoms with Crippen molar-refractivity contribution in [3.05, 3.63) is 35.7 Å². The smallest absolute Gasteiger partial charge is 0.0690 e. The van der Waals surface area contributed by atoms with Crippen LogP contribution in [0, 0.1) is 6.92 Å². The van der Waals surface area contributed by atoms with Gasteiger partial charge in [-0.2, -0.15) is 5.10 Å². The third-order valence-electron chi connectivity index (χ3n) is 3.11. The zero-order valence-corrected chi connectivity index (χ0v) is 12.6. The number of aromatic nitrogens is 2. The van der Waals surface area contributed by atoms with E-state index in [-0.39, 0.29) is 12.1 Å². The molecule has 2 N–H and O–H groups in total. The van der Waals surface area contributed by atoms with Gasteiger partial charge in [0.05, 0.1) is 18.3 Å². The van der Waals surface area contributed by atoms with Crippen molar-refractivity contribution >= 4 is 5.52 Å². The predicted octanol–water partition coefficient (Wildman–Crippen LogP) is 2.49. The first-order valence-corrected chi connectivity index (χ1v) is 6.85. The summed E-state index contributed by atoms with van der Waals surface area (Å²) in [5.41, 5.74) is 3.29. The van der Waals surface area contributed by atoms with Crippen LogP contribution >= 0.6 is 0 Å². The van der Waals surface area contributed by atoms with Gasteiger partial charge in [-0.05, 0) is 38.0 Å². The highest BCUT2D eigenvalue weighted by atomic mass is 16.3. The molecule has 2 rings (SSSR count). The summed E-state index contributed by atoms with van der Waals surface area (Å²) in [5.74, 6) is 0. The molecule has 0 aromatic carbocycles. The molecule has 19 heavy (non-hydrogen) atoms. The summed E-state index contributed by atoms with van der Waals surface area (Å²) in [5, 5.41) is 16.5. The first kappa shape index (κ1) is 15.7. The summed E-state index contributed by atoms with van der Waals surface area (Å²) in [6.07, 6.45) is 3.90. The van der Waals surface area contributed by atoms with E-state index in [0.29, 0.717) is 6.54 Å². The SMILES string of the molecule is CC.Cc1cnn2cc(C(C)(C)NCCO)ccc12. The van der Waals surface area contributed by atoms with E-state index in [2.05, 4.69) is 43.3 Å². The molecule has 4 nitrogen and oxygen atoms in total. The maximum Gasteiger partial charge on any atom is 0.0690 e. The van der Waals surface area contributed by atoms with Crippen LogP contribution in [0.4, 0.5) is 0 Å². The van der Waals surface area contributed by atoms with Crippen molar-refractivity contribution in [2.24, 2.45) is 0 Å². The molecule has 0 unspecified atom stereocenters. The Hall–Kier alpha value is -1.39. The molecule has 0 bridgehead atoms. The Balaban J connectivity index is 0.000000861. The topological polar surface area (TPSA) is 49.6 Å². The summed E-state index contributed by atoms with van der Waals surface area (Å²) in [7, 11) is 0. The van der Waals surface area contributed by atoms with Gasteiger partial charge in [0.25, 0.3) is 0 Å². The second-order valence-electron chi connectivity index (χ2n) is 4.85. The monoisotopic (exact) mass is 263 g/mol. The van der Waals surface area contributed by atoms with Crippen molar-refractivity contribution in [1.29, 1.82) is 0 Å². The minimum absolute atomic E-state index is 0.145. The number of fused-ring (bicyclic) bond motifs is 1. The largest absolute Gasteiger partial charge is 0.395 e. The number of rotatable bonds is 4. The zero-order valence-electron chi connectivity index (χ0n) is 12.6. The third kappa shape index (κ3) is 3.55. The van der Waals surface area contributed by atoms with Crippen LogP contribution in [0.25, 0.3) is 5.52 Å². The Bertz CT molecular complexity index is 517. The maximum atomic E-state index is 8.87. The molecule has 106 valence electrons. The number of aliphatic hydroxyl groups excluding tert-OH is 1. The van der Waals surface area contributed by atoms with Crippen LogP contribution in [0.5, 0.6) is 0 Å². The zero-order chi connectivity index (χ0) is 14.5. The van der Waals surface area contributed by atoms with Gasteiger partial charge in [-0.1, -0.05) is 19.9 Å². The molecule has 0 saturated carbocycles. The number of pyridine rings is 1. The summed E-state index contributed by atoms with van der Waals surface area (Å²) < 4.78 is 1.90. The number of aliphatic hydroxyl groups is 1. The highest BCUT2D eigenvalue weighted by Gasteiger charge is 2.20. The Morgan fingerprint density at radius 1 is 1.32 bits per heavy atom. The molecule has 2 aromatic rings. The summed E-state index contributed by atoms with van der Waals surface area (Å²) >= 11 is 0. The maximum absolute atomic E-state index is 8.87. The molecule has 4 heteroatoms. The van der Waals surface area contributed by atoms with Crippen molar-refractivity contribution in [2.45, 2.75) is 40.2 Å². The molecule has 0 aliphatic carbocycles. The van der Waals surface area contributed by atoms with Crippen molar-refractivity contribution < 1.29 is 5.11 Å². The predicted molar refractivity (Wildman–Crippen MR) is 79.4 cm³/mol. The fourth-order valence-corrected chi connectivity index (χ4v) is 1.95. The van der Waals surface area contributed by atoms with Crippen LogP contribution in [0.15, 0.2) is 24.5 Å². The Morgan fingerprint density at radius 2 is 2.00 bits per heavy atom. The van der Waals surface area contributed by atoms with Crippen LogP contribution < -0.4 is 5.32 Å². The van der Waals surface area contributed by atoms with Gasteiger partial charge < -0.3 is 10.4 Å². The Kier molecular flexibility index (Phi) is 5.51.